The maximum absolute atomic E-state index is 10.9. The van der Waals surface area contributed by atoms with E-state index in [2.05, 4.69) is 13.6 Å². The normalized spacial score (nSPS) is 35.9. The van der Waals surface area contributed by atoms with Gasteiger partial charge in [0.1, 0.15) is 36.6 Å². The highest BCUT2D eigenvalue weighted by atomic mass is 31.2. The predicted octanol–water partition coefficient (Wildman–Crippen LogP) is -3.48. The molecule has 6 atom stereocenters. The summed E-state index contributed by atoms with van der Waals surface area (Å²) in [7, 11) is -16.2. The zero-order valence-corrected chi connectivity index (χ0v) is 14.0. The minimum atomic E-state index is -5.43. The van der Waals surface area contributed by atoms with Crippen LogP contribution in [0.3, 0.4) is 0 Å². The van der Waals surface area contributed by atoms with Crippen molar-refractivity contribution in [3.8, 4) is 0 Å². The van der Waals surface area contributed by atoms with Gasteiger partial charge in [0.25, 0.3) is 0 Å². The molecule has 18 heteroatoms. The number of phosphoric ester groups is 3. The monoisotopic (exact) mass is 420 g/mol. The molecule has 1 saturated carbocycles. The zero-order chi connectivity index (χ0) is 19.1. The first-order valence-electron chi connectivity index (χ1n) is 5.78. The highest BCUT2D eigenvalue weighted by Gasteiger charge is 2.56. The van der Waals surface area contributed by atoms with E-state index in [1.165, 1.54) is 0 Å². The van der Waals surface area contributed by atoms with Crippen molar-refractivity contribution < 1.29 is 71.9 Å². The van der Waals surface area contributed by atoms with Gasteiger partial charge in [0.2, 0.25) is 0 Å². The molecule has 0 aromatic heterocycles. The Morgan fingerprint density at radius 3 is 1.08 bits per heavy atom. The van der Waals surface area contributed by atoms with Gasteiger partial charge in [-0.3, -0.25) is 13.6 Å². The second kappa shape index (κ2) is 7.45. The Morgan fingerprint density at radius 1 is 0.500 bits per heavy atom. The van der Waals surface area contributed by atoms with Crippen molar-refractivity contribution in [2.45, 2.75) is 36.6 Å². The molecule has 0 spiro atoms. The lowest BCUT2D eigenvalue weighted by molar-refractivity contribution is -0.212. The molecular weight excluding hydrogens is 405 g/mol. The molecule has 1 rings (SSSR count). The van der Waals surface area contributed by atoms with Crippen molar-refractivity contribution in [1.82, 2.24) is 0 Å². The predicted molar refractivity (Wildman–Crippen MR) is 68.8 cm³/mol. The molecule has 1 fully saturated rings. The highest BCUT2D eigenvalue weighted by Crippen LogP contribution is 2.49. The molecule has 0 aromatic carbocycles. The summed E-state index contributed by atoms with van der Waals surface area (Å²) in [5.74, 6) is 0. The van der Waals surface area contributed by atoms with Gasteiger partial charge in [0.15, 0.2) is 0 Å². The van der Waals surface area contributed by atoms with E-state index in [0.717, 1.165) is 0 Å². The minimum absolute atomic E-state index is 2.32. The molecule has 0 bridgehead atoms. The maximum atomic E-state index is 10.9. The average molecular weight is 420 g/mol. The molecule has 144 valence electrons. The first kappa shape index (κ1) is 22.3. The van der Waals surface area contributed by atoms with E-state index in [1.54, 1.807) is 0 Å². The molecule has 0 amide bonds. The lowest BCUT2D eigenvalue weighted by Gasteiger charge is -2.44. The van der Waals surface area contributed by atoms with Crippen LogP contribution in [0, 0.1) is 0 Å². The molecule has 1 unspecified atom stereocenters. The Kier molecular flexibility index (Phi) is 6.90. The van der Waals surface area contributed by atoms with E-state index in [0.29, 0.717) is 0 Å². The summed E-state index contributed by atoms with van der Waals surface area (Å²) in [6, 6.07) is 0. The van der Waals surface area contributed by atoms with Crippen LogP contribution in [-0.4, -0.2) is 81.3 Å². The number of aliphatic hydroxyl groups is 3. The van der Waals surface area contributed by atoms with E-state index in [1.807, 2.05) is 0 Å². The fourth-order valence-corrected chi connectivity index (χ4v) is 3.70. The summed E-state index contributed by atoms with van der Waals surface area (Å²) in [4.78, 5) is 52.4. The van der Waals surface area contributed by atoms with Gasteiger partial charge in [-0.1, -0.05) is 0 Å². The van der Waals surface area contributed by atoms with Gasteiger partial charge in [-0.05, 0) is 0 Å². The van der Waals surface area contributed by atoms with Crippen molar-refractivity contribution in [3.05, 3.63) is 0 Å². The van der Waals surface area contributed by atoms with Gasteiger partial charge < -0.3 is 44.7 Å². The molecule has 1 aliphatic carbocycles. The zero-order valence-electron chi connectivity index (χ0n) is 11.3. The van der Waals surface area contributed by atoms with Crippen molar-refractivity contribution in [3.63, 3.8) is 0 Å². The smallest absolute Gasteiger partial charge is 0.387 e. The third-order valence-electron chi connectivity index (χ3n) is 2.80. The molecule has 0 aliphatic heterocycles. The molecule has 0 heterocycles. The quantitative estimate of drug-likeness (QED) is 0.189. The van der Waals surface area contributed by atoms with Gasteiger partial charge in [0, 0.05) is 0 Å². The minimum Gasteiger partial charge on any atom is -0.387 e. The van der Waals surface area contributed by atoms with Gasteiger partial charge in [-0.25, -0.2) is 13.7 Å². The average Bonchev–Trinajstić information content (AvgIpc) is 2.32. The van der Waals surface area contributed by atoms with Gasteiger partial charge in [-0.2, -0.15) is 0 Å². The maximum Gasteiger partial charge on any atom is 0.470 e. The Morgan fingerprint density at radius 2 is 0.750 bits per heavy atom. The van der Waals surface area contributed by atoms with Crippen LogP contribution in [0.2, 0.25) is 0 Å². The van der Waals surface area contributed by atoms with Crippen LogP contribution in [0.1, 0.15) is 0 Å². The lowest BCUT2D eigenvalue weighted by atomic mass is 9.85. The van der Waals surface area contributed by atoms with Crippen LogP contribution in [-0.2, 0) is 27.3 Å². The van der Waals surface area contributed by atoms with Crippen molar-refractivity contribution in [2.24, 2.45) is 0 Å². The van der Waals surface area contributed by atoms with Crippen molar-refractivity contribution in [2.75, 3.05) is 0 Å². The largest absolute Gasteiger partial charge is 0.470 e. The summed E-state index contributed by atoms with van der Waals surface area (Å²) >= 11 is 0. The van der Waals surface area contributed by atoms with Crippen LogP contribution in [0.5, 0.6) is 0 Å². The third kappa shape index (κ3) is 6.50. The van der Waals surface area contributed by atoms with Crippen LogP contribution < -0.4 is 0 Å². The number of aliphatic hydroxyl groups excluding tert-OH is 3. The van der Waals surface area contributed by atoms with Crippen LogP contribution >= 0.6 is 23.5 Å². The van der Waals surface area contributed by atoms with E-state index in [-0.39, 0.29) is 0 Å². The summed E-state index contributed by atoms with van der Waals surface area (Å²) in [5, 5.41) is 29.3. The number of hydrogen-bond acceptors (Lipinski definition) is 9. The molecule has 15 nitrogen and oxygen atoms in total. The standard InChI is InChI=1S/C6H15O15P3/c7-1-2(8)5(20-23(13,14)15)6(21-24(16,17)18)3(9)4(1)19-22(10,11)12/h1-9H,(H2,10,11,12)(H2,13,14,15)(H2,16,17,18)/t1-,2-,3-,4?,5+,6-/m0/s1. The summed E-state index contributed by atoms with van der Waals surface area (Å²) < 4.78 is 44.7. The second-order valence-corrected chi connectivity index (χ2v) is 8.23. The van der Waals surface area contributed by atoms with Gasteiger partial charge >= 0.3 is 23.5 Å². The molecule has 9 N–H and O–H groups in total. The Labute approximate surface area is 133 Å². The number of rotatable bonds is 6. The van der Waals surface area contributed by atoms with E-state index >= 15 is 0 Å². The first-order chi connectivity index (χ1) is 10.5. The molecular formula is C6H15O15P3. The fraction of sp³-hybridized carbons (Fsp3) is 1.00. The van der Waals surface area contributed by atoms with E-state index in [9.17, 15) is 29.0 Å². The Bertz CT molecular complexity index is 574. The first-order valence-corrected chi connectivity index (χ1v) is 10.4. The molecule has 0 aromatic rings. The molecule has 1 aliphatic rings. The van der Waals surface area contributed by atoms with E-state index < -0.39 is 60.1 Å². The summed E-state index contributed by atoms with van der Waals surface area (Å²) in [5.41, 5.74) is 0. The van der Waals surface area contributed by atoms with Crippen LogP contribution in [0.25, 0.3) is 0 Å². The van der Waals surface area contributed by atoms with Gasteiger partial charge in [0.05, 0.1) is 0 Å². The Hall–Kier alpha value is 0.210. The topological polar surface area (TPSA) is 261 Å². The summed E-state index contributed by atoms with van der Waals surface area (Å²) in [6.07, 6.45) is -14.3. The van der Waals surface area contributed by atoms with Crippen molar-refractivity contribution in [1.29, 1.82) is 0 Å². The van der Waals surface area contributed by atoms with Crippen LogP contribution in [0.4, 0.5) is 0 Å². The molecule has 24 heavy (non-hydrogen) atoms. The summed E-state index contributed by atoms with van der Waals surface area (Å²) in [6.45, 7) is 0. The Balaban J connectivity index is 3.23. The van der Waals surface area contributed by atoms with Crippen molar-refractivity contribution >= 4 is 23.5 Å². The van der Waals surface area contributed by atoms with Crippen LogP contribution in [0.15, 0.2) is 0 Å². The number of phosphoric acid groups is 3. The van der Waals surface area contributed by atoms with Gasteiger partial charge in [-0.15, -0.1) is 0 Å². The molecule has 0 saturated heterocycles. The third-order valence-corrected chi connectivity index (χ3v) is 4.35. The highest BCUT2D eigenvalue weighted by molar-refractivity contribution is 7.46. The number of hydrogen-bond donors (Lipinski definition) is 9. The lowest BCUT2D eigenvalue weighted by Crippen LogP contribution is -2.65. The second-order valence-electron chi connectivity index (χ2n) is 4.65. The fourth-order valence-electron chi connectivity index (χ4n) is 2.01. The molecule has 0 radical (unpaired) electrons. The van der Waals surface area contributed by atoms with E-state index in [4.69, 9.17) is 29.4 Å². The SMILES string of the molecule is O=P(O)(O)OC1[C@@H](O)[C@H](O)[C@@H](OP(=O)(O)O)[C@@H](OP(=O)(O)O)[C@H]1O.